The van der Waals surface area contributed by atoms with E-state index in [9.17, 15) is 22.0 Å². The highest BCUT2D eigenvalue weighted by Gasteiger charge is 2.52. The van der Waals surface area contributed by atoms with Gasteiger partial charge in [0.05, 0.1) is 18.3 Å². The molecular formula is C11H16F2O7S. The first-order chi connectivity index (χ1) is 9.61. The second-order valence-electron chi connectivity index (χ2n) is 5.13. The van der Waals surface area contributed by atoms with Crippen LogP contribution in [0, 0.1) is 0 Å². The number of carbonyl (C=O) groups excluding carboxylic acids is 1. The molecular weight excluding hydrogens is 314 g/mol. The molecule has 0 radical (unpaired) electrons. The van der Waals surface area contributed by atoms with E-state index in [2.05, 4.69) is 4.74 Å². The molecule has 2 aliphatic rings. The van der Waals surface area contributed by atoms with Gasteiger partial charge in [-0.1, -0.05) is 0 Å². The summed E-state index contributed by atoms with van der Waals surface area (Å²) >= 11 is 0. The van der Waals surface area contributed by atoms with Gasteiger partial charge in [-0.2, -0.15) is 17.2 Å². The van der Waals surface area contributed by atoms with Gasteiger partial charge in [-0.15, -0.1) is 0 Å². The van der Waals surface area contributed by atoms with Gasteiger partial charge in [-0.3, -0.25) is 4.55 Å². The molecule has 0 aromatic rings. The third-order valence-electron chi connectivity index (χ3n) is 3.59. The summed E-state index contributed by atoms with van der Waals surface area (Å²) in [6.07, 6.45) is -0.199. The van der Waals surface area contributed by atoms with Crippen molar-refractivity contribution in [2.45, 2.75) is 55.9 Å². The van der Waals surface area contributed by atoms with Crippen molar-refractivity contribution < 1.29 is 40.8 Å². The fourth-order valence-electron chi connectivity index (χ4n) is 2.45. The van der Waals surface area contributed by atoms with Crippen LogP contribution in [0.25, 0.3) is 0 Å². The number of esters is 1. The van der Waals surface area contributed by atoms with Crippen LogP contribution in [0.4, 0.5) is 8.78 Å². The molecule has 1 N–H and O–H groups in total. The largest absolute Gasteiger partial charge is 0.453 e. The van der Waals surface area contributed by atoms with E-state index in [-0.39, 0.29) is 18.3 Å². The Hall–Kier alpha value is -0.840. The van der Waals surface area contributed by atoms with Crippen LogP contribution in [0.1, 0.15) is 26.2 Å². The molecule has 2 heterocycles. The summed E-state index contributed by atoms with van der Waals surface area (Å²) in [5, 5.41) is -4.57. The van der Waals surface area contributed by atoms with Crippen LogP contribution < -0.4 is 0 Å². The summed E-state index contributed by atoms with van der Waals surface area (Å²) in [7, 11) is -5.66. The number of hydrogen-bond donors (Lipinski definition) is 1. The summed E-state index contributed by atoms with van der Waals surface area (Å²) in [5.41, 5.74) is 0. The molecule has 122 valence electrons. The lowest BCUT2D eigenvalue weighted by Gasteiger charge is -2.22. The Morgan fingerprint density at radius 1 is 1.48 bits per heavy atom. The average molecular weight is 330 g/mol. The number of carbonyl (C=O) groups is 1. The minimum atomic E-state index is -5.66. The highest BCUT2D eigenvalue weighted by atomic mass is 32.2. The molecule has 4 unspecified atom stereocenters. The number of halogens is 2. The normalized spacial score (nSPS) is 30.4. The minimum absolute atomic E-state index is 0.0977. The van der Waals surface area contributed by atoms with Crippen LogP contribution in [-0.2, 0) is 29.1 Å². The topological polar surface area (TPSA) is 99.1 Å². The molecule has 0 aliphatic carbocycles. The van der Waals surface area contributed by atoms with Gasteiger partial charge >= 0.3 is 21.3 Å². The highest BCUT2D eigenvalue weighted by Crippen LogP contribution is 2.36. The Bertz CT molecular complexity index is 507. The highest BCUT2D eigenvalue weighted by molar-refractivity contribution is 7.86. The van der Waals surface area contributed by atoms with Crippen molar-refractivity contribution in [3.63, 3.8) is 0 Å². The fraction of sp³-hybridized carbons (Fsp3) is 0.909. The van der Waals surface area contributed by atoms with E-state index in [1.54, 1.807) is 0 Å². The molecule has 21 heavy (non-hydrogen) atoms. The van der Waals surface area contributed by atoms with Gasteiger partial charge in [0.25, 0.3) is 0 Å². The Morgan fingerprint density at radius 3 is 2.62 bits per heavy atom. The molecule has 0 aromatic carbocycles. The maximum Gasteiger partial charge on any atom is 0.405 e. The average Bonchev–Trinajstić information content (AvgIpc) is 2.96. The quantitative estimate of drug-likeness (QED) is 0.566. The van der Waals surface area contributed by atoms with Crippen molar-refractivity contribution in [3.05, 3.63) is 0 Å². The van der Waals surface area contributed by atoms with E-state index in [1.807, 2.05) is 0 Å². The van der Waals surface area contributed by atoms with Crippen LogP contribution in [0.5, 0.6) is 0 Å². The Labute approximate surface area is 120 Å². The number of rotatable bonds is 6. The lowest BCUT2D eigenvalue weighted by molar-refractivity contribution is -0.167. The summed E-state index contributed by atoms with van der Waals surface area (Å²) < 4.78 is 70.7. The Morgan fingerprint density at radius 2 is 2.14 bits per heavy atom. The summed E-state index contributed by atoms with van der Waals surface area (Å²) in [6, 6.07) is 0. The maximum absolute atomic E-state index is 13.2. The van der Waals surface area contributed by atoms with Crippen LogP contribution in [0.2, 0.25) is 0 Å². The van der Waals surface area contributed by atoms with Gasteiger partial charge in [0.2, 0.25) is 0 Å². The maximum atomic E-state index is 13.2. The number of fused-ring (bicyclic) bond motifs is 2. The zero-order valence-corrected chi connectivity index (χ0v) is 12.0. The van der Waals surface area contributed by atoms with Gasteiger partial charge in [0, 0.05) is 6.42 Å². The molecule has 2 fully saturated rings. The van der Waals surface area contributed by atoms with Crippen molar-refractivity contribution in [1.29, 1.82) is 0 Å². The summed E-state index contributed by atoms with van der Waals surface area (Å²) in [6.45, 7) is 0.0927. The zero-order chi connectivity index (χ0) is 15.8. The van der Waals surface area contributed by atoms with Crippen LogP contribution in [0.15, 0.2) is 0 Å². The van der Waals surface area contributed by atoms with E-state index in [4.69, 9.17) is 14.0 Å². The van der Waals surface area contributed by atoms with Crippen LogP contribution in [0.3, 0.4) is 0 Å². The van der Waals surface area contributed by atoms with Crippen molar-refractivity contribution in [1.82, 2.24) is 0 Å². The molecule has 2 bridgehead atoms. The molecule has 2 aliphatic heterocycles. The smallest absolute Gasteiger partial charge is 0.405 e. The second-order valence-corrected chi connectivity index (χ2v) is 6.62. The SMILES string of the molecule is CC(OC(=O)COC1CC2CCC1O2)C(F)(F)S(=O)(=O)O. The van der Waals surface area contributed by atoms with Crippen LogP contribution >= 0.6 is 0 Å². The first-order valence-corrected chi connectivity index (χ1v) is 7.86. The third-order valence-corrected chi connectivity index (χ3v) is 4.61. The van der Waals surface area contributed by atoms with Crippen LogP contribution in [-0.4, -0.2) is 55.2 Å². The zero-order valence-electron chi connectivity index (χ0n) is 11.2. The molecule has 0 aromatic heterocycles. The standard InChI is InChI=1S/C11H16F2O7S/c1-6(11(12,13)21(15,16)17)19-10(14)5-18-9-4-7-2-3-8(9)20-7/h6-9H,2-5H2,1H3,(H,15,16,17). The first-order valence-electron chi connectivity index (χ1n) is 6.42. The lowest BCUT2D eigenvalue weighted by atomic mass is 9.98. The van der Waals surface area contributed by atoms with Gasteiger partial charge in [-0.05, 0) is 19.8 Å². The monoisotopic (exact) mass is 330 g/mol. The first kappa shape index (κ1) is 16.5. The predicted octanol–water partition coefficient (Wildman–Crippen LogP) is 0.735. The Balaban J connectivity index is 1.79. The van der Waals surface area contributed by atoms with Crippen molar-refractivity contribution in [2.24, 2.45) is 0 Å². The minimum Gasteiger partial charge on any atom is -0.453 e. The third kappa shape index (κ3) is 3.50. The predicted molar refractivity (Wildman–Crippen MR) is 64.3 cm³/mol. The molecule has 7 nitrogen and oxygen atoms in total. The van der Waals surface area contributed by atoms with E-state index >= 15 is 0 Å². The number of ether oxygens (including phenoxy) is 3. The molecule has 2 saturated heterocycles. The van der Waals surface area contributed by atoms with Crippen molar-refractivity contribution in [2.75, 3.05) is 6.61 Å². The molecule has 0 amide bonds. The molecule has 10 heteroatoms. The van der Waals surface area contributed by atoms with E-state index in [0.717, 1.165) is 12.8 Å². The van der Waals surface area contributed by atoms with Crippen molar-refractivity contribution in [3.8, 4) is 0 Å². The van der Waals surface area contributed by atoms with E-state index in [0.29, 0.717) is 13.3 Å². The number of alkyl halides is 2. The summed E-state index contributed by atoms with van der Waals surface area (Å²) in [5.74, 6) is -1.13. The van der Waals surface area contributed by atoms with Gasteiger partial charge in [-0.25, -0.2) is 4.79 Å². The van der Waals surface area contributed by atoms with Gasteiger partial charge in [0.15, 0.2) is 6.10 Å². The van der Waals surface area contributed by atoms with Crippen molar-refractivity contribution >= 4 is 16.1 Å². The Kier molecular flexibility index (Phi) is 4.52. The molecule has 0 spiro atoms. The van der Waals surface area contributed by atoms with E-state index < -0.39 is 34.1 Å². The van der Waals surface area contributed by atoms with Gasteiger partial charge < -0.3 is 14.2 Å². The van der Waals surface area contributed by atoms with E-state index in [1.165, 1.54) is 0 Å². The molecule has 0 saturated carbocycles. The molecule has 2 rings (SSSR count). The molecule has 4 atom stereocenters. The number of hydrogen-bond acceptors (Lipinski definition) is 6. The fourth-order valence-corrected chi connectivity index (χ4v) is 2.92. The lowest BCUT2D eigenvalue weighted by Crippen LogP contribution is -2.42. The summed E-state index contributed by atoms with van der Waals surface area (Å²) in [4.78, 5) is 11.4. The second kappa shape index (κ2) is 5.75. The van der Waals surface area contributed by atoms with Gasteiger partial charge in [0.1, 0.15) is 6.61 Å².